The van der Waals surface area contributed by atoms with Gasteiger partial charge in [-0.25, -0.2) is 4.39 Å². The SMILES string of the molecule is O=C(c1c(O)cccc1F)N1CCOC2CCCC21. The van der Waals surface area contributed by atoms with Crippen molar-refractivity contribution >= 4 is 5.91 Å². The molecule has 1 heterocycles. The monoisotopic (exact) mass is 265 g/mol. The summed E-state index contributed by atoms with van der Waals surface area (Å²) in [5, 5.41) is 9.71. The number of rotatable bonds is 1. The zero-order valence-corrected chi connectivity index (χ0v) is 10.5. The molecule has 2 unspecified atom stereocenters. The van der Waals surface area contributed by atoms with Gasteiger partial charge in [0.1, 0.15) is 17.1 Å². The molecule has 1 aliphatic carbocycles. The van der Waals surface area contributed by atoms with Crippen molar-refractivity contribution in [1.82, 2.24) is 4.90 Å². The molecular weight excluding hydrogens is 249 g/mol. The van der Waals surface area contributed by atoms with Crippen LogP contribution in [0.2, 0.25) is 0 Å². The molecule has 1 amide bonds. The topological polar surface area (TPSA) is 49.8 Å². The predicted molar refractivity (Wildman–Crippen MR) is 66.5 cm³/mol. The fourth-order valence-electron chi connectivity index (χ4n) is 3.05. The Kier molecular flexibility index (Phi) is 3.14. The second-order valence-electron chi connectivity index (χ2n) is 5.04. The van der Waals surface area contributed by atoms with Gasteiger partial charge in [0.2, 0.25) is 0 Å². The van der Waals surface area contributed by atoms with Crippen LogP contribution in [0.15, 0.2) is 18.2 Å². The lowest BCUT2D eigenvalue weighted by Crippen LogP contribution is -2.51. The van der Waals surface area contributed by atoms with E-state index in [2.05, 4.69) is 0 Å². The van der Waals surface area contributed by atoms with Gasteiger partial charge in [-0.3, -0.25) is 4.79 Å². The number of morpholine rings is 1. The summed E-state index contributed by atoms with van der Waals surface area (Å²) in [5.74, 6) is -1.41. The lowest BCUT2D eigenvalue weighted by Gasteiger charge is -2.37. The first kappa shape index (κ1) is 12.4. The first-order valence-electron chi connectivity index (χ1n) is 6.58. The van der Waals surface area contributed by atoms with Crippen LogP contribution < -0.4 is 0 Å². The fraction of sp³-hybridized carbons (Fsp3) is 0.500. The summed E-state index contributed by atoms with van der Waals surface area (Å²) < 4.78 is 19.4. The minimum atomic E-state index is -0.675. The number of aromatic hydroxyl groups is 1. The molecule has 5 heteroatoms. The molecule has 2 fully saturated rings. The number of carbonyl (C=O) groups is 1. The summed E-state index contributed by atoms with van der Waals surface area (Å²) in [6, 6.07) is 3.93. The van der Waals surface area contributed by atoms with Crippen LogP contribution in [-0.2, 0) is 4.74 Å². The molecule has 0 radical (unpaired) electrons. The van der Waals surface area contributed by atoms with Crippen LogP contribution in [0.5, 0.6) is 5.75 Å². The molecule has 1 aliphatic heterocycles. The number of fused-ring (bicyclic) bond motifs is 1. The van der Waals surface area contributed by atoms with Crippen molar-refractivity contribution in [3.05, 3.63) is 29.6 Å². The maximum atomic E-state index is 13.8. The zero-order chi connectivity index (χ0) is 13.4. The summed E-state index contributed by atoms with van der Waals surface area (Å²) in [7, 11) is 0. The van der Waals surface area contributed by atoms with Gasteiger partial charge in [-0.15, -0.1) is 0 Å². The Morgan fingerprint density at radius 1 is 1.42 bits per heavy atom. The van der Waals surface area contributed by atoms with Gasteiger partial charge in [-0.1, -0.05) is 6.07 Å². The van der Waals surface area contributed by atoms with Gasteiger partial charge in [0.25, 0.3) is 5.91 Å². The van der Waals surface area contributed by atoms with Crippen molar-refractivity contribution in [3.8, 4) is 5.75 Å². The second-order valence-corrected chi connectivity index (χ2v) is 5.04. The van der Waals surface area contributed by atoms with E-state index in [0.717, 1.165) is 19.3 Å². The smallest absolute Gasteiger partial charge is 0.261 e. The van der Waals surface area contributed by atoms with E-state index in [0.29, 0.717) is 13.2 Å². The van der Waals surface area contributed by atoms with Gasteiger partial charge < -0.3 is 14.7 Å². The Balaban J connectivity index is 1.91. The minimum Gasteiger partial charge on any atom is -0.507 e. The lowest BCUT2D eigenvalue weighted by molar-refractivity contribution is -0.0447. The molecule has 0 aromatic heterocycles. The van der Waals surface area contributed by atoms with Crippen molar-refractivity contribution in [2.75, 3.05) is 13.2 Å². The number of hydrogen-bond donors (Lipinski definition) is 1. The number of hydrogen-bond acceptors (Lipinski definition) is 3. The lowest BCUT2D eigenvalue weighted by atomic mass is 10.1. The molecule has 1 N–H and O–H groups in total. The molecule has 0 bridgehead atoms. The fourth-order valence-corrected chi connectivity index (χ4v) is 3.05. The number of carbonyl (C=O) groups excluding carboxylic acids is 1. The average Bonchev–Trinajstić information content (AvgIpc) is 2.86. The maximum Gasteiger partial charge on any atom is 0.261 e. The normalized spacial score (nSPS) is 26.3. The minimum absolute atomic E-state index is 0.0141. The number of ether oxygens (including phenoxy) is 1. The van der Waals surface area contributed by atoms with E-state index in [1.165, 1.54) is 18.2 Å². The summed E-state index contributed by atoms with van der Waals surface area (Å²) >= 11 is 0. The number of halogens is 1. The van der Waals surface area contributed by atoms with Crippen LogP contribution in [0.3, 0.4) is 0 Å². The van der Waals surface area contributed by atoms with Gasteiger partial charge in [0.15, 0.2) is 0 Å². The molecule has 102 valence electrons. The van der Waals surface area contributed by atoms with Gasteiger partial charge in [0, 0.05) is 6.54 Å². The third kappa shape index (κ3) is 2.08. The van der Waals surface area contributed by atoms with Crippen LogP contribution >= 0.6 is 0 Å². The third-order valence-corrected chi connectivity index (χ3v) is 3.95. The Bertz CT molecular complexity index is 485. The van der Waals surface area contributed by atoms with Crippen molar-refractivity contribution in [1.29, 1.82) is 0 Å². The highest BCUT2D eigenvalue weighted by Gasteiger charge is 2.39. The van der Waals surface area contributed by atoms with Crippen molar-refractivity contribution in [3.63, 3.8) is 0 Å². The van der Waals surface area contributed by atoms with E-state index in [4.69, 9.17) is 4.74 Å². The van der Waals surface area contributed by atoms with E-state index >= 15 is 0 Å². The molecule has 1 aromatic rings. The van der Waals surface area contributed by atoms with Crippen LogP contribution in [0.25, 0.3) is 0 Å². The number of nitrogens with zero attached hydrogens (tertiary/aromatic N) is 1. The van der Waals surface area contributed by atoms with E-state index in [1.807, 2.05) is 0 Å². The number of benzene rings is 1. The highest BCUT2D eigenvalue weighted by Crippen LogP contribution is 2.32. The summed E-state index contributed by atoms with van der Waals surface area (Å²) in [5.41, 5.74) is -0.227. The predicted octanol–water partition coefficient (Wildman–Crippen LogP) is 1.92. The van der Waals surface area contributed by atoms with E-state index in [1.54, 1.807) is 4.90 Å². The summed E-state index contributed by atoms with van der Waals surface area (Å²) in [6.07, 6.45) is 2.90. The van der Waals surface area contributed by atoms with Crippen molar-refractivity contribution < 1.29 is 19.0 Å². The largest absolute Gasteiger partial charge is 0.507 e. The molecule has 1 saturated carbocycles. The quantitative estimate of drug-likeness (QED) is 0.844. The van der Waals surface area contributed by atoms with Gasteiger partial charge >= 0.3 is 0 Å². The third-order valence-electron chi connectivity index (χ3n) is 3.95. The first-order valence-corrected chi connectivity index (χ1v) is 6.58. The molecule has 1 saturated heterocycles. The number of phenolic OH excluding ortho intramolecular Hbond substituents is 1. The molecule has 19 heavy (non-hydrogen) atoms. The Hall–Kier alpha value is -1.62. The Morgan fingerprint density at radius 2 is 2.26 bits per heavy atom. The van der Waals surface area contributed by atoms with E-state index in [9.17, 15) is 14.3 Å². The highest BCUT2D eigenvalue weighted by molar-refractivity contribution is 5.97. The van der Waals surface area contributed by atoms with E-state index in [-0.39, 0.29) is 23.5 Å². The van der Waals surface area contributed by atoms with E-state index < -0.39 is 11.7 Å². The van der Waals surface area contributed by atoms with Gasteiger partial charge in [0.05, 0.1) is 18.8 Å². The van der Waals surface area contributed by atoms with Crippen LogP contribution in [0.1, 0.15) is 29.6 Å². The standard InChI is InChI=1S/C14H16FNO3/c15-9-3-1-5-11(17)13(9)14(18)16-7-8-19-12-6-2-4-10(12)16/h1,3,5,10,12,17H,2,4,6-8H2. The molecule has 4 nitrogen and oxygen atoms in total. The maximum absolute atomic E-state index is 13.8. The van der Waals surface area contributed by atoms with Crippen LogP contribution in [0, 0.1) is 5.82 Å². The molecule has 1 aromatic carbocycles. The molecule has 2 aliphatic rings. The number of amides is 1. The van der Waals surface area contributed by atoms with Gasteiger partial charge in [-0.05, 0) is 31.4 Å². The summed E-state index contributed by atoms with van der Waals surface area (Å²) in [6.45, 7) is 0.926. The highest BCUT2D eigenvalue weighted by atomic mass is 19.1. The Morgan fingerprint density at radius 3 is 3.05 bits per heavy atom. The van der Waals surface area contributed by atoms with Crippen LogP contribution in [0.4, 0.5) is 4.39 Å². The average molecular weight is 265 g/mol. The summed E-state index contributed by atoms with van der Waals surface area (Å²) in [4.78, 5) is 14.1. The van der Waals surface area contributed by atoms with Gasteiger partial charge in [-0.2, -0.15) is 0 Å². The number of phenols is 1. The molecular formula is C14H16FNO3. The molecule has 2 atom stereocenters. The van der Waals surface area contributed by atoms with Crippen LogP contribution in [-0.4, -0.2) is 41.2 Å². The second kappa shape index (κ2) is 4.81. The molecule has 3 rings (SSSR count). The Labute approximate surface area is 110 Å². The first-order chi connectivity index (χ1) is 9.18. The molecule has 0 spiro atoms. The van der Waals surface area contributed by atoms with Crippen molar-refractivity contribution in [2.45, 2.75) is 31.4 Å². The zero-order valence-electron chi connectivity index (χ0n) is 10.5. The van der Waals surface area contributed by atoms with Crippen molar-refractivity contribution in [2.24, 2.45) is 0 Å².